The van der Waals surface area contributed by atoms with E-state index in [1.54, 1.807) is 29.2 Å². The van der Waals surface area contributed by atoms with Crippen molar-refractivity contribution < 1.29 is 28.4 Å². The average molecular weight is 451 g/mol. The number of rotatable bonds is 6. The van der Waals surface area contributed by atoms with E-state index < -0.39 is 16.5 Å². The number of furan rings is 1. The fourth-order valence-corrected chi connectivity index (χ4v) is 3.76. The van der Waals surface area contributed by atoms with Gasteiger partial charge in [-0.2, -0.15) is 0 Å². The summed E-state index contributed by atoms with van der Waals surface area (Å²) in [5, 5.41) is 14.2. The predicted molar refractivity (Wildman–Crippen MR) is 118 cm³/mol. The van der Waals surface area contributed by atoms with Crippen LogP contribution in [0.1, 0.15) is 32.0 Å². The maximum absolute atomic E-state index is 12.9. The molecule has 1 aliphatic rings. The van der Waals surface area contributed by atoms with Crippen molar-refractivity contribution in [3.63, 3.8) is 0 Å². The first-order valence-corrected chi connectivity index (χ1v) is 10.1. The Morgan fingerprint density at radius 1 is 1.09 bits per heavy atom. The highest BCUT2D eigenvalue weighted by Gasteiger charge is 2.26. The standard InChI is InChI=1S/C23H21N3O7/c1-31-20-11-17(18(26(29)30)12-21(20)32-2)22(27)24-16-6-5-14-7-8-25(13-15(14)10-16)23(28)19-4-3-9-33-19/h3-6,9-12H,7-8,13H2,1-2H3,(H,24,27). The van der Waals surface area contributed by atoms with Gasteiger partial charge in [-0.15, -0.1) is 0 Å². The molecule has 0 atom stereocenters. The van der Waals surface area contributed by atoms with Gasteiger partial charge in [-0.25, -0.2) is 0 Å². The highest BCUT2D eigenvalue weighted by molar-refractivity contribution is 6.07. The van der Waals surface area contributed by atoms with E-state index in [9.17, 15) is 19.7 Å². The van der Waals surface area contributed by atoms with Crippen LogP contribution in [0, 0.1) is 10.1 Å². The second-order valence-corrected chi connectivity index (χ2v) is 7.37. The number of hydrogen-bond donors (Lipinski definition) is 1. The van der Waals surface area contributed by atoms with Crippen LogP contribution in [0.15, 0.2) is 53.1 Å². The summed E-state index contributed by atoms with van der Waals surface area (Å²) in [5.41, 5.74) is 1.83. The van der Waals surface area contributed by atoms with E-state index in [-0.39, 0.29) is 28.7 Å². The summed E-state index contributed by atoms with van der Waals surface area (Å²) in [6.07, 6.45) is 2.11. The minimum Gasteiger partial charge on any atom is -0.493 e. The van der Waals surface area contributed by atoms with E-state index in [4.69, 9.17) is 13.9 Å². The van der Waals surface area contributed by atoms with Crippen molar-refractivity contribution in [1.82, 2.24) is 4.90 Å². The zero-order valence-electron chi connectivity index (χ0n) is 18.0. The molecule has 2 amide bonds. The Labute approximate surface area is 188 Å². The van der Waals surface area contributed by atoms with E-state index in [1.807, 2.05) is 6.07 Å². The third kappa shape index (κ3) is 4.36. The van der Waals surface area contributed by atoms with E-state index in [1.165, 1.54) is 26.5 Å². The summed E-state index contributed by atoms with van der Waals surface area (Å²) < 4.78 is 15.5. The topological polar surface area (TPSA) is 124 Å². The van der Waals surface area contributed by atoms with Crippen molar-refractivity contribution in [3.8, 4) is 11.5 Å². The number of nitro benzene ring substituents is 1. The smallest absolute Gasteiger partial charge is 0.289 e. The molecule has 1 aromatic heterocycles. The molecule has 10 nitrogen and oxygen atoms in total. The first-order chi connectivity index (χ1) is 15.9. The molecule has 0 fully saturated rings. The lowest BCUT2D eigenvalue weighted by atomic mass is 9.98. The fraction of sp³-hybridized carbons (Fsp3) is 0.217. The van der Waals surface area contributed by atoms with Crippen LogP contribution in [-0.4, -0.2) is 42.4 Å². The normalized spacial score (nSPS) is 12.6. The number of nitrogens with zero attached hydrogens (tertiary/aromatic N) is 2. The lowest BCUT2D eigenvalue weighted by Gasteiger charge is -2.28. The second kappa shape index (κ2) is 9.03. The number of nitrogens with one attached hydrogen (secondary N) is 1. The monoisotopic (exact) mass is 451 g/mol. The van der Waals surface area contributed by atoms with E-state index in [0.717, 1.165) is 17.2 Å². The van der Waals surface area contributed by atoms with E-state index in [0.29, 0.717) is 25.2 Å². The zero-order valence-corrected chi connectivity index (χ0v) is 18.0. The number of carbonyl (C=O) groups excluding carboxylic acids is 2. The van der Waals surface area contributed by atoms with Crippen molar-refractivity contribution in [2.45, 2.75) is 13.0 Å². The molecule has 0 bridgehead atoms. The molecule has 10 heteroatoms. The maximum Gasteiger partial charge on any atom is 0.289 e. The Balaban J connectivity index is 1.57. The van der Waals surface area contributed by atoms with Crippen LogP contribution in [0.4, 0.5) is 11.4 Å². The van der Waals surface area contributed by atoms with Crippen LogP contribution in [0.25, 0.3) is 0 Å². The van der Waals surface area contributed by atoms with Gasteiger partial charge in [0, 0.05) is 24.8 Å². The number of anilines is 1. The van der Waals surface area contributed by atoms with Crippen LogP contribution < -0.4 is 14.8 Å². The Morgan fingerprint density at radius 3 is 2.52 bits per heavy atom. The molecule has 1 aliphatic heterocycles. The molecule has 0 unspecified atom stereocenters. The quantitative estimate of drug-likeness (QED) is 0.448. The van der Waals surface area contributed by atoms with Gasteiger partial charge in [0.05, 0.1) is 31.5 Å². The molecule has 170 valence electrons. The predicted octanol–water partition coefficient (Wildman–Crippen LogP) is 3.66. The summed E-state index contributed by atoms with van der Waals surface area (Å²) in [6.45, 7) is 0.908. The Kier molecular flexibility index (Phi) is 5.99. The molecular formula is C23H21N3O7. The molecule has 2 heterocycles. The number of methoxy groups -OCH3 is 2. The Morgan fingerprint density at radius 2 is 1.85 bits per heavy atom. The molecular weight excluding hydrogens is 430 g/mol. The lowest BCUT2D eigenvalue weighted by Crippen LogP contribution is -2.35. The van der Waals surface area contributed by atoms with Crippen LogP contribution in [-0.2, 0) is 13.0 Å². The zero-order chi connectivity index (χ0) is 23.5. The second-order valence-electron chi connectivity index (χ2n) is 7.37. The molecule has 0 spiro atoms. The largest absolute Gasteiger partial charge is 0.493 e. The van der Waals surface area contributed by atoms with Crippen LogP contribution >= 0.6 is 0 Å². The SMILES string of the molecule is COc1cc(C(=O)Nc2ccc3c(c2)CN(C(=O)c2ccco2)CC3)c([N+](=O)[O-])cc1OC. The number of carbonyl (C=O) groups is 2. The summed E-state index contributed by atoms with van der Waals surface area (Å²) in [5.74, 6) is -0.256. The van der Waals surface area contributed by atoms with Gasteiger partial charge < -0.3 is 24.1 Å². The van der Waals surface area contributed by atoms with Crippen molar-refractivity contribution in [3.05, 3.63) is 81.3 Å². The van der Waals surface area contributed by atoms with Gasteiger partial charge in [0.1, 0.15) is 5.56 Å². The third-order valence-electron chi connectivity index (χ3n) is 5.44. The van der Waals surface area contributed by atoms with Gasteiger partial charge in [-0.1, -0.05) is 6.07 Å². The first-order valence-electron chi connectivity index (χ1n) is 10.1. The molecule has 33 heavy (non-hydrogen) atoms. The summed E-state index contributed by atoms with van der Waals surface area (Å²) >= 11 is 0. The average Bonchev–Trinajstić information content (AvgIpc) is 3.37. The molecule has 0 saturated heterocycles. The van der Waals surface area contributed by atoms with Gasteiger partial charge in [0.25, 0.3) is 17.5 Å². The van der Waals surface area contributed by atoms with Crippen molar-refractivity contribution >= 4 is 23.2 Å². The molecule has 3 aromatic rings. The molecule has 0 saturated carbocycles. The minimum atomic E-state index is -0.665. The number of hydrogen-bond acceptors (Lipinski definition) is 7. The van der Waals surface area contributed by atoms with Crippen LogP contribution in [0.2, 0.25) is 0 Å². The third-order valence-corrected chi connectivity index (χ3v) is 5.44. The fourth-order valence-electron chi connectivity index (χ4n) is 3.76. The number of amides is 2. The van der Waals surface area contributed by atoms with Crippen LogP contribution in [0.5, 0.6) is 11.5 Å². The van der Waals surface area contributed by atoms with Gasteiger partial charge in [0.2, 0.25) is 0 Å². The highest BCUT2D eigenvalue weighted by Crippen LogP contribution is 2.35. The highest BCUT2D eigenvalue weighted by atomic mass is 16.6. The number of ether oxygens (including phenoxy) is 2. The minimum absolute atomic E-state index is 0.149. The molecule has 4 rings (SSSR count). The van der Waals surface area contributed by atoms with Gasteiger partial charge >= 0.3 is 0 Å². The maximum atomic E-state index is 12.9. The van der Waals surface area contributed by atoms with Crippen molar-refractivity contribution in [1.29, 1.82) is 0 Å². The van der Waals surface area contributed by atoms with Crippen LogP contribution in [0.3, 0.4) is 0 Å². The number of fused-ring (bicyclic) bond motifs is 1. The van der Waals surface area contributed by atoms with Gasteiger partial charge in [0.15, 0.2) is 17.3 Å². The van der Waals surface area contributed by atoms with E-state index in [2.05, 4.69) is 5.32 Å². The summed E-state index contributed by atoms with van der Waals surface area (Å²) in [6, 6.07) is 11.1. The Bertz CT molecular complexity index is 1220. The molecule has 1 N–H and O–H groups in total. The number of benzene rings is 2. The summed E-state index contributed by atoms with van der Waals surface area (Å²) in [7, 11) is 2.74. The van der Waals surface area contributed by atoms with Crippen molar-refractivity contribution in [2.75, 3.05) is 26.1 Å². The molecule has 2 aromatic carbocycles. The molecule has 0 radical (unpaired) electrons. The Hall–Kier alpha value is -4.34. The van der Waals surface area contributed by atoms with Crippen molar-refractivity contribution in [2.24, 2.45) is 0 Å². The van der Waals surface area contributed by atoms with Gasteiger partial charge in [-0.3, -0.25) is 19.7 Å². The molecule has 0 aliphatic carbocycles. The van der Waals surface area contributed by atoms with E-state index >= 15 is 0 Å². The van der Waals surface area contributed by atoms with Gasteiger partial charge in [-0.05, 0) is 41.8 Å². The number of nitro groups is 1. The first kappa shape index (κ1) is 21.9. The summed E-state index contributed by atoms with van der Waals surface area (Å²) in [4.78, 5) is 38.1. The lowest BCUT2D eigenvalue weighted by molar-refractivity contribution is -0.385.